The van der Waals surface area contributed by atoms with Gasteiger partial charge in [0.2, 0.25) is 11.8 Å². The number of fused-ring (bicyclic) bond motifs is 1. The molecule has 4 N–H and O–H groups in total. The lowest BCUT2D eigenvalue weighted by atomic mass is 9.99. The molecule has 0 spiro atoms. The Hall–Kier alpha value is -5.61. The summed E-state index contributed by atoms with van der Waals surface area (Å²) in [5.41, 5.74) is 4.52. The standard InChI is InChI=1S/C29H25F2N5O2.2CH2O2/c30-29(31)38-27-23(7-4-13-34-27)22-15-24-28(36-17-22)37-25(18-35-24)26(21-5-2-1-3-6-21)33-14-12-19-8-10-20(16-32)11-9-19;2*2-1-3/h1-11,13,15,17,25-26,29,33,35H,12,14,18H2;2*1H,(H,2,3)/t25-,26+;;/m0../s1. The lowest BCUT2D eigenvalue weighted by Gasteiger charge is -2.33. The third-order valence-electron chi connectivity index (χ3n) is 6.28. The Morgan fingerprint density at radius 1 is 1.07 bits per heavy atom. The second kappa shape index (κ2) is 17.4. The molecule has 1 aliphatic heterocycles. The second-order valence-corrected chi connectivity index (χ2v) is 8.96. The number of carbonyl (C=O) groups is 2. The van der Waals surface area contributed by atoms with E-state index in [1.54, 1.807) is 24.4 Å². The fourth-order valence-corrected chi connectivity index (χ4v) is 4.43. The highest BCUT2D eigenvalue weighted by Gasteiger charge is 2.30. The second-order valence-electron chi connectivity index (χ2n) is 8.96. The average Bonchev–Trinajstić information content (AvgIpc) is 3.04. The topological polar surface area (TPSA) is 167 Å². The first kappa shape index (κ1) is 32.9. The van der Waals surface area contributed by atoms with Gasteiger partial charge in [-0.05, 0) is 54.4 Å². The molecule has 3 heterocycles. The largest absolute Gasteiger partial charge is 0.483 e. The summed E-state index contributed by atoms with van der Waals surface area (Å²) in [6, 6.07) is 24.8. The zero-order valence-corrected chi connectivity index (χ0v) is 23.2. The van der Waals surface area contributed by atoms with Crippen LogP contribution in [0.1, 0.15) is 22.7 Å². The number of anilines is 1. The lowest BCUT2D eigenvalue weighted by molar-refractivity contribution is -0.123. The van der Waals surface area contributed by atoms with Gasteiger partial charge in [0.1, 0.15) is 6.10 Å². The van der Waals surface area contributed by atoms with Crippen molar-refractivity contribution in [3.63, 3.8) is 0 Å². The summed E-state index contributed by atoms with van der Waals surface area (Å²) in [7, 11) is 0. The molecule has 228 valence electrons. The van der Waals surface area contributed by atoms with E-state index in [0.29, 0.717) is 41.3 Å². The minimum absolute atomic E-state index is 0.110. The van der Waals surface area contributed by atoms with Crippen LogP contribution in [-0.2, 0) is 16.0 Å². The van der Waals surface area contributed by atoms with Crippen LogP contribution in [0.3, 0.4) is 0 Å². The van der Waals surface area contributed by atoms with Gasteiger partial charge in [-0.2, -0.15) is 14.0 Å². The van der Waals surface area contributed by atoms with Crippen LogP contribution in [0.15, 0.2) is 85.2 Å². The van der Waals surface area contributed by atoms with E-state index in [4.69, 9.17) is 29.8 Å². The quantitative estimate of drug-likeness (QED) is 0.194. The molecule has 0 radical (unpaired) electrons. The molecule has 4 aromatic rings. The van der Waals surface area contributed by atoms with Gasteiger partial charge in [-0.3, -0.25) is 9.59 Å². The van der Waals surface area contributed by atoms with Crippen LogP contribution in [0.5, 0.6) is 11.8 Å². The van der Waals surface area contributed by atoms with Crippen LogP contribution < -0.4 is 20.1 Å². The highest BCUT2D eigenvalue weighted by atomic mass is 19.3. The number of hydrogen-bond acceptors (Lipinski definition) is 9. The maximum absolute atomic E-state index is 12.8. The van der Waals surface area contributed by atoms with Crippen LogP contribution in [0, 0.1) is 11.3 Å². The van der Waals surface area contributed by atoms with Gasteiger partial charge < -0.3 is 30.3 Å². The Labute approximate surface area is 251 Å². The molecule has 2 aromatic heterocycles. The van der Waals surface area contributed by atoms with Crippen molar-refractivity contribution < 1.29 is 38.1 Å². The zero-order valence-electron chi connectivity index (χ0n) is 23.2. The number of ether oxygens (including phenoxy) is 2. The number of alkyl halides is 2. The summed E-state index contributed by atoms with van der Waals surface area (Å²) >= 11 is 0. The molecule has 0 amide bonds. The van der Waals surface area contributed by atoms with Crippen LogP contribution >= 0.6 is 0 Å². The van der Waals surface area contributed by atoms with Gasteiger partial charge in [-0.25, -0.2) is 9.97 Å². The zero-order chi connectivity index (χ0) is 31.7. The number of nitrogens with one attached hydrogen (secondary N) is 2. The highest BCUT2D eigenvalue weighted by Crippen LogP contribution is 2.36. The van der Waals surface area contributed by atoms with Gasteiger partial charge >= 0.3 is 6.61 Å². The summed E-state index contributed by atoms with van der Waals surface area (Å²) in [4.78, 5) is 25.1. The summed E-state index contributed by atoms with van der Waals surface area (Å²) in [5.74, 6) is 0.273. The minimum atomic E-state index is -2.98. The van der Waals surface area contributed by atoms with Crippen molar-refractivity contribution in [2.45, 2.75) is 25.2 Å². The van der Waals surface area contributed by atoms with E-state index in [1.807, 2.05) is 42.5 Å². The number of benzene rings is 2. The van der Waals surface area contributed by atoms with Crippen LogP contribution in [0.2, 0.25) is 0 Å². The first-order valence-electron chi connectivity index (χ1n) is 13.2. The fourth-order valence-electron chi connectivity index (χ4n) is 4.43. The Bertz CT molecular complexity index is 1510. The molecular formula is C31H29F2N5O6. The SMILES string of the molecule is N#Cc1ccc(CCN[C@H](c2ccccc2)[C@@H]2CNc3cc(-c4cccnc4OC(F)F)cnc3O2)cc1.O=CO.O=CO. The molecule has 5 rings (SSSR count). The molecule has 0 saturated heterocycles. The smallest absolute Gasteiger partial charge is 0.388 e. The number of nitriles is 1. The van der Waals surface area contributed by atoms with Crippen molar-refractivity contribution in [2.24, 2.45) is 0 Å². The van der Waals surface area contributed by atoms with Crippen molar-refractivity contribution in [1.29, 1.82) is 5.26 Å². The molecule has 11 nitrogen and oxygen atoms in total. The van der Waals surface area contributed by atoms with Gasteiger partial charge in [-0.15, -0.1) is 0 Å². The van der Waals surface area contributed by atoms with E-state index >= 15 is 0 Å². The van der Waals surface area contributed by atoms with Gasteiger partial charge in [0.05, 0.1) is 29.9 Å². The fraction of sp³-hybridized carbons (Fsp3) is 0.194. The number of pyridine rings is 2. The molecule has 1 aliphatic rings. The Balaban J connectivity index is 0.000000816. The summed E-state index contributed by atoms with van der Waals surface area (Å²) in [6.07, 6.45) is 3.51. The number of rotatable bonds is 9. The number of nitrogens with zero attached hydrogens (tertiary/aromatic N) is 3. The normalized spacial score (nSPS) is 13.5. The summed E-state index contributed by atoms with van der Waals surface area (Å²) < 4.78 is 36.6. The van der Waals surface area contributed by atoms with Gasteiger partial charge in [-0.1, -0.05) is 42.5 Å². The first-order chi connectivity index (χ1) is 21.4. The molecule has 0 bridgehead atoms. The van der Waals surface area contributed by atoms with Crippen LogP contribution in [0.25, 0.3) is 11.1 Å². The minimum Gasteiger partial charge on any atom is -0.483 e. The third kappa shape index (κ3) is 9.47. The molecule has 13 heteroatoms. The van der Waals surface area contributed by atoms with Crippen LogP contribution in [-0.4, -0.2) is 58.9 Å². The number of carboxylic acid groups (broad SMARTS) is 2. The molecule has 0 aliphatic carbocycles. The van der Waals surface area contributed by atoms with Crippen LogP contribution in [0.4, 0.5) is 14.5 Å². The predicted octanol–water partition coefficient (Wildman–Crippen LogP) is 4.76. The molecule has 0 saturated carbocycles. The molecule has 0 unspecified atom stereocenters. The molecular weight excluding hydrogens is 576 g/mol. The maximum Gasteiger partial charge on any atom is 0.388 e. The Kier molecular flexibility index (Phi) is 13.0. The lowest BCUT2D eigenvalue weighted by Crippen LogP contribution is -2.43. The van der Waals surface area contributed by atoms with E-state index < -0.39 is 6.61 Å². The Morgan fingerprint density at radius 2 is 1.77 bits per heavy atom. The monoisotopic (exact) mass is 605 g/mol. The van der Waals surface area contributed by atoms with Crippen molar-refractivity contribution in [3.05, 3.63) is 102 Å². The van der Waals surface area contributed by atoms with E-state index in [2.05, 4.69) is 43.5 Å². The number of aromatic nitrogens is 2. The third-order valence-corrected chi connectivity index (χ3v) is 6.28. The van der Waals surface area contributed by atoms with E-state index in [9.17, 15) is 8.78 Å². The van der Waals surface area contributed by atoms with Crippen molar-refractivity contribution in [2.75, 3.05) is 18.4 Å². The predicted molar refractivity (Wildman–Crippen MR) is 156 cm³/mol. The first-order valence-corrected chi connectivity index (χ1v) is 13.2. The number of halogens is 2. The van der Waals surface area contributed by atoms with E-state index in [1.165, 1.54) is 6.20 Å². The van der Waals surface area contributed by atoms with Gasteiger partial charge in [0.25, 0.3) is 12.9 Å². The number of hydrogen-bond donors (Lipinski definition) is 4. The highest BCUT2D eigenvalue weighted by molar-refractivity contribution is 5.73. The van der Waals surface area contributed by atoms with E-state index in [-0.39, 0.29) is 31.0 Å². The molecule has 2 atom stereocenters. The van der Waals surface area contributed by atoms with Gasteiger partial charge in [0, 0.05) is 23.5 Å². The van der Waals surface area contributed by atoms with Crippen molar-refractivity contribution in [3.8, 4) is 29.0 Å². The summed E-state index contributed by atoms with van der Waals surface area (Å²) in [5, 5.41) is 29.8. The van der Waals surface area contributed by atoms with Crippen molar-refractivity contribution in [1.82, 2.24) is 15.3 Å². The van der Waals surface area contributed by atoms with E-state index in [0.717, 1.165) is 17.5 Å². The van der Waals surface area contributed by atoms with Crippen molar-refractivity contribution >= 4 is 18.6 Å². The average molecular weight is 606 g/mol. The maximum atomic E-state index is 12.8. The summed E-state index contributed by atoms with van der Waals surface area (Å²) in [6.45, 7) is -2.26. The Morgan fingerprint density at radius 3 is 2.43 bits per heavy atom. The van der Waals surface area contributed by atoms with Gasteiger partial charge in [0.15, 0.2) is 0 Å². The molecule has 2 aromatic carbocycles. The molecule has 44 heavy (non-hydrogen) atoms. The molecule has 0 fully saturated rings.